The summed E-state index contributed by atoms with van der Waals surface area (Å²) in [6.07, 6.45) is 2.84. The van der Waals surface area contributed by atoms with Crippen molar-refractivity contribution in [1.29, 1.82) is 0 Å². The molecule has 0 saturated carbocycles. The standard InChI is InChI=1S/C11H11NO7S/c1-6-7(9(14)15)3-4-8(10(16)17)11(6,2)20(18,19)12-5-13/h3-4,8H,1-2H3,(H,14,15)(H,16,17). The lowest BCUT2D eigenvalue weighted by Crippen LogP contribution is -2.48. The van der Waals surface area contributed by atoms with Gasteiger partial charge in [0, 0.05) is 0 Å². The summed E-state index contributed by atoms with van der Waals surface area (Å²) < 4.78 is 24.6. The highest BCUT2D eigenvalue weighted by atomic mass is 32.2. The summed E-state index contributed by atoms with van der Waals surface area (Å²) in [5.41, 5.74) is -0.562. The summed E-state index contributed by atoms with van der Waals surface area (Å²) in [6, 6.07) is 0. The van der Waals surface area contributed by atoms with Crippen LogP contribution in [-0.4, -0.2) is 41.4 Å². The van der Waals surface area contributed by atoms with Crippen molar-refractivity contribution in [1.82, 2.24) is 0 Å². The number of carbonyl (C=O) groups excluding carboxylic acids is 1. The first-order chi connectivity index (χ1) is 9.09. The minimum atomic E-state index is -4.59. The third-order valence-corrected chi connectivity index (χ3v) is 5.33. The van der Waals surface area contributed by atoms with Crippen LogP contribution < -0.4 is 0 Å². The van der Waals surface area contributed by atoms with Crippen LogP contribution in [0, 0.1) is 5.92 Å². The average molecular weight is 301 g/mol. The van der Waals surface area contributed by atoms with E-state index in [2.05, 4.69) is 4.40 Å². The van der Waals surface area contributed by atoms with Gasteiger partial charge in [0.1, 0.15) is 10.7 Å². The molecule has 1 aliphatic carbocycles. The Hall–Kier alpha value is -2.25. The van der Waals surface area contributed by atoms with Gasteiger partial charge in [0.2, 0.25) is 0 Å². The molecule has 8 nitrogen and oxygen atoms in total. The van der Waals surface area contributed by atoms with Crippen molar-refractivity contribution < 1.29 is 33.0 Å². The SMILES string of the molecule is CC1=C(C(=O)O)C=CC(C(=O)O)C1(C)S(=O)(=O)N=C=O. The molecule has 1 rings (SSSR count). The van der Waals surface area contributed by atoms with Crippen LogP contribution in [0.3, 0.4) is 0 Å². The molecule has 0 saturated heterocycles. The fourth-order valence-electron chi connectivity index (χ4n) is 2.05. The molecule has 2 unspecified atom stereocenters. The maximum Gasteiger partial charge on any atom is 0.335 e. The summed E-state index contributed by atoms with van der Waals surface area (Å²) >= 11 is 0. The maximum absolute atomic E-state index is 12.0. The minimum absolute atomic E-state index is 0.209. The van der Waals surface area contributed by atoms with Crippen LogP contribution >= 0.6 is 0 Å². The predicted octanol–water partition coefficient (Wildman–Crippen LogP) is 0.0824. The Morgan fingerprint density at radius 3 is 2.35 bits per heavy atom. The number of hydrogen-bond acceptors (Lipinski definition) is 5. The van der Waals surface area contributed by atoms with E-state index in [1.807, 2.05) is 0 Å². The predicted molar refractivity (Wildman–Crippen MR) is 66.0 cm³/mol. The van der Waals surface area contributed by atoms with Gasteiger partial charge in [0.25, 0.3) is 16.1 Å². The van der Waals surface area contributed by atoms with Gasteiger partial charge in [-0.05, 0) is 19.4 Å². The van der Waals surface area contributed by atoms with Gasteiger partial charge in [-0.25, -0.2) is 18.0 Å². The topological polar surface area (TPSA) is 138 Å². The van der Waals surface area contributed by atoms with E-state index in [0.29, 0.717) is 0 Å². The molecule has 108 valence electrons. The summed E-state index contributed by atoms with van der Waals surface area (Å²) in [7, 11) is -4.59. The van der Waals surface area contributed by atoms with E-state index in [-0.39, 0.29) is 11.1 Å². The van der Waals surface area contributed by atoms with E-state index < -0.39 is 32.6 Å². The van der Waals surface area contributed by atoms with E-state index in [0.717, 1.165) is 25.2 Å². The molecule has 9 heteroatoms. The first-order valence-electron chi connectivity index (χ1n) is 5.29. The molecule has 0 radical (unpaired) electrons. The average Bonchev–Trinajstić information content (AvgIpc) is 2.31. The normalized spacial score (nSPS) is 26.0. The van der Waals surface area contributed by atoms with E-state index in [1.165, 1.54) is 6.92 Å². The highest BCUT2D eigenvalue weighted by molar-refractivity contribution is 7.91. The van der Waals surface area contributed by atoms with Crippen LogP contribution in [0.5, 0.6) is 0 Å². The lowest BCUT2D eigenvalue weighted by Gasteiger charge is -2.34. The van der Waals surface area contributed by atoms with Gasteiger partial charge in [-0.1, -0.05) is 16.5 Å². The molecule has 0 amide bonds. The minimum Gasteiger partial charge on any atom is -0.481 e. The number of carbonyl (C=O) groups is 2. The third-order valence-electron chi connectivity index (χ3n) is 3.39. The smallest absolute Gasteiger partial charge is 0.335 e. The molecular weight excluding hydrogens is 290 g/mol. The Balaban J connectivity index is 3.73. The number of aliphatic carboxylic acids is 2. The largest absolute Gasteiger partial charge is 0.481 e. The molecule has 0 aromatic rings. The fraction of sp³-hybridized carbons (Fsp3) is 0.364. The van der Waals surface area contributed by atoms with Gasteiger partial charge in [0.15, 0.2) is 0 Å². The van der Waals surface area contributed by atoms with E-state index >= 15 is 0 Å². The van der Waals surface area contributed by atoms with E-state index in [9.17, 15) is 22.8 Å². The number of carboxylic acid groups (broad SMARTS) is 2. The summed E-state index contributed by atoms with van der Waals surface area (Å²) in [6.45, 7) is 2.20. The van der Waals surface area contributed by atoms with Gasteiger partial charge in [-0.15, -0.1) is 0 Å². The van der Waals surface area contributed by atoms with Crippen LogP contribution in [0.15, 0.2) is 27.7 Å². The Kier molecular flexibility index (Phi) is 3.97. The Bertz CT molecular complexity index is 682. The first-order valence-corrected chi connectivity index (χ1v) is 6.73. The zero-order valence-corrected chi connectivity index (χ0v) is 11.3. The van der Waals surface area contributed by atoms with Crippen molar-refractivity contribution in [2.45, 2.75) is 18.6 Å². The van der Waals surface area contributed by atoms with Crippen LogP contribution in [-0.2, 0) is 24.4 Å². The number of isocyanates is 1. The number of sulfonamides is 1. The summed E-state index contributed by atoms with van der Waals surface area (Å²) in [5, 5.41) is 18.1. The summed E-state index contributed by atoms with van der Waals surface area (Å²) in [4.78, 5) is 32.5. The van der Waals surface area contributed by atoms with E-state index in [4.69, 9.17) is 10.2 Å². The maximum atomic E-state index is 12.0. The number of rotatable bonds is 4. The van der Waals surface area contributed by atoms with Crippen molar-refractivity contribution in [2.75, 3.05) is 0 Å². The number of nitrogens with zero attached hydrogens (tertiary/aromatic N) is 1. The molecule has 2 N–H and O–H groups in total. The molecule has 0 fully saturated rings. The fourth-order valence-corrected chi connectivity index (χ4v) is 3.33. The second kappa shape index (κ2) is 5.03. The lowest BCUT2D eigenvalue weighted by atomic mass is 9.80. The highest BCUT2D eigenvalue weighted by Gasteiger charge is 2.53. The summed E-state index contributed by atoms with van der Waals surface area (Å²) in [5.74, 6) is -4.44. The molecule has 20 heavy (non-hydrogen) atoms. The van der Waals surface area contributed by atoms with Crippen LogP contribution in [0.2, 0.25) is 0 Å². The molecule has 1 aliphatic rings. The lowest BCUT2D eigenvalue weighted by molar-refractivity contribution is -0.141. The zero-order valence-electron chi connectivity index (χ0n) is 10.5. The Morgan fingerprint density at radius 2 is 1.95 bits per heavy atom. The van der Waals surface area contributed by atoms with Crippen LogP contribution in [0.1, 0.15) is 13.8 Å². The molecule has 2 atom stereocenters. The molecule has 0 bridgehead atoms. The van der Waals surface area contributed by atoms with E-state index in [1.54, 1.807) is 0 Å². The molecule has 0 aromatic heterocycles. The van der Waals surface area contributed by atoms with Gasteiger partial charge in [-0.2, -0.15) is 0 Å². The van der Waals surface area contributed by atoms with Crippen LogP contribution in [0.4, 0.5) is 0 Å². The zero-order chi connectivity index (χ0) is 15.7. The second-order valence-electron chi connectivity index (χ2n) is 4.28. The Labute approximate surface area is 114 Å². The second-order valence-corrected chi connectivity index (χ2v) is 6.26. The third kappa shape index (κ3) is 2.17. The number of carboxylic acids is 2. The molecule has 0 aromatic carbocycles. The molecular formula is C11H11NO7S. The monoisotopic (exact) mass is 301 g/mol. The molecule has 0 spiro atoms. The van der Waals surface area contributed by atoms with Gasteiger partial charge < -0.3 is 10.2 Å². The molecule has 0 heterocycles. The van der Waals surface area contributed by atoms with Crippen molar-refractivity contribution in [3.8, 4) is 0 Å². The van der Waals surface area contributed by atoms with Gasteiger partial charge in [0.05, 0.1) is 5.57 Å². The Morgan fingerprint density at radius 1 is 1.40 bits per heavy atom. The van der Waals surface area contributed by atoms with Crippen molar-refractivity contribution >= 4 is 28.0 Å². The van der Waals surface area contributed by atoms with Gasteiger partial charge >= 0.3 is 11.9 Å². The van der Waals surface area contributed by atoms with Crippen LogP contribution in [0.25, 0.3) is 0 Å². The molecule has 0 aliphatic heterocycles. The van der Waals surface area contributed by atoms with Crippen molar-refractivity contribution in [2.24, 2.45) is 10.3 Å². The first kappa shape index (κ1) is 15.8. The highest BCUT2D eigenvalue weighted by Crippen LogP contribution is 2.41. The quantitative estimate of drug-likeness (QED) is 0.554. The van der Waals surface area contributed by atoms with Crippen molar-refractivity contribution in [3.63, 3.8) is 0 Å². The van der Waals surface area contributed by atoms with Crippen molar-refractivity contribution in [3.05, 3.63) is 23.3 Å². The number of hydrogen-bond donors (Lipinski definition) is 2. The van der Waals surface area contributed by atoms with Gasteiger partial charge in [-0.3, -0.25) is 4.79 Å².